The van der Waals surface area contributed by atoms with Gasteiger partial charge in [-0.25, -0.2) is 0 Å². The largest absolute Gasteiger partial charge is 0.497 e. The van der Waals surface area contributed by atoms with Crippen molar-refractivity contribution in [3.05, 3.63) is 78.4 Å². The summed E-state index contributed by atoms with van der Waals surface area (Å²) >= 11 is 1.41. The Bertz CT molecular complexity index is 1090. The molecule has 0 fully saturated rings. The number of carbonyl (C=O) groups excluding carboxylic acids is 2. The first-order valence-corrected chi connectivity index (χ1v) is 11.6. The topological polar surface area (TPSA) is 76.7 Å². The summed E-state index contributed by atoms with van der Waals surface area (Å²) in [6, 6.07) is 22.4. The lowest BCUT2D eigenvalue weighted by molar-refractivity contribution is -0.116. The van der Waals surface area contributed by atoms with Gasteiger partial charge in [0.25, 0.3) is 0 Å². The third kappa shape index (κ3) is 6.76. The Morgan fingerprint density at radius 1 is 0.909 bits per heavy atom. The standard InChI is InChI=1S/C26H28N2O4S/c1-4-9-24(29)27-19-12-8-13-21(16-19)33-25(18-10-6-5-7-11-18)26(30)28-22-17-20(31-2)14-15-23(22)32-3/h5-8,10-17,25H,4,9H2,1-3H3,(H,27,29)(H,28,30). The molecule has 0 spiro atoms. The third-order valence-corrected chi connectivity index (χ3v) is 6.10. The number of ether oxygens (including phenoxy) is 2. The van der Waals surface area contributed by atoms with E-state index in [0.717, 1.165) is 16.9 Å². The van der Waals surface area contributed by atoms with Gasteiger partial charge in [0.15, 0.2) is 0 Å². The Morgan fingerprint density at radius 3 is 2.39 bits per heavy atom. The lowest BCUT2D eigenvalue weighted by Crippen LogP contribution is -2.19. The van der Waals surface area contributed by atoms with Crippen LogP contribution in [0.1, 0.15) is 30.6 Å². The highest BCUT2D eigenvalue weighted by atomic mass is 32.2. The Kier molecular flexibility index (Phi) is 8.78. The van der Waals surface area contributed by atoms with Gasteiger partial charge < -0.3 is 20.1 Å². The summed E-state index contributed by atoms with van der Waals surface area (Å²) in [4.78, 5) is 26.3. The van der Waals surface area contributed by atoms with Crippen molar-refractivity contribution in [2.45, 2.75) is 29.9 Å². The molecule has 0 bridgehead atoms. The molecule has 2 amide bonds. The summed E-state index contributed by atoms with van der Waals surface area (Å²) < 4.78 is 10.7. The van der Waals surface area contributed by atoms with Crippen LogP contribution in [-0.2, 0) is 9.59 Å². The highest BCUT2D eigenvalue weighted by molar-refractivity contribution is 8.00. The van der Waals surface area contributed by atoms with E-state index in [2.05, 4.69) is 10.6 Å². The lowest BCUT2D eigenvalue weighted by Gasteiger charge is -2.19. The van der Waals surface area contributed by atoms with Gasteiger partial charge in [-0.2, -0.15) is 0 Å². The molecule has 0 heterocycles. The van der Waals surface area contributed by atoms with E-state index in [-0.39, 0.29) is 11.8 Å². The molecule has 1 unspecified atom stereocenters. The highest BCUT2D eigenvalue weighted by Gasteiger charge is 2.23. The van der Waals surface area contributed by atoms with Crippen LogP contribution in [0.2, 0.25) is 0 Å². The van der Waals surface area contributed by atoms with E-state index in [1.807, 2.05) is 61.5 Å². The molecule has 172 valence electrons. The zero-order valence-corrected chi connectivity index (χ0v) is 19.8. The SMILES string of the molecule is CCCC(=O)Nc1cccc(SC(C(=O)Nc2cc(OC)ccc2OC)c2ccccc2)c1. The molecular formula is C26H28N2O4S. The van der Waals surface area contributed by atoms with Crippen LogP contribution in [0.5, 0.6) is 11.5 Å². The van der Waals surface area contributed by atoms with Crippen molar-refractivity contribution in [3.8, 4) is 11.5 Å². The van der Waals surface area contributed by atoms with Crippen molar-refractivity contribution in [3.63, 3.8) is 0 Å². The number of anilines is 2. The van der Waals surface area contributed by atoms with E-state index >= 15 is 0 Å². The van der Waals surface area contributed by atoms with Crippen LogP contribution in [0.3, 0.4) is 0 Å². The summed E-state index contributed by atoms with van der Waals surface area (Å²) in [5.41, 5.74) is 2.10. The Morgan fingerprint density at radius 2 is 1.70 bits per heavy atom. The van der Waals surface area contributed by atoms with Crippen LogP contribution >= 0.6 is 11.8 Å². The number of hydrogen-bond acceptors (Lipinski definition) is 5. The average molecular weight is 465 g/mol. The first kappa shape index (κ1) is 24.2. The quantitative estimate of drug-likeness (QED) is 0.365. The highest BCUT2D eigenvalue weighted by Crippen LogP contribution is 2.38. The van der Waals surface area contributed by atoms with E-state index in [1.165, 1.54) is 11.8 Å². The minimum atomic E-state index is -0.524. The monoisotopic (exact) mass is 464 g/mol. The van der Waals surface area contributed by atoms with Gasteiger partial charge in [0.1, 0.15) is 16.7 Å². The Labute approximate surface area is 198 Å². The molecule has 0 radical (unpaired) electrons. The van der Waals surface area contributed by atoms with Crippen LogP contribution < -0.4 is 20.1 Å². The number of nitrogens with one attached hydrogen (secondary N) is 2. The van der Waals surface area contributed by atoms with Crippen LogP contribution in [-0.4, -0.2) is 26.0 Å². The van der Waals surface area contributed by atoms with Crippen LogP contribution in [0.15, 0.2) is 77.7 Å². The van der Waals surface area contributed by atoms with Crippen molar-refractivity contribution in [1.29, 1.82) is 0 Å². The number of hydrogen-bond donors (Lipinski definition) is 2. The first-order chi connectivity index (χ1) is 16.0. The number of amides is 2. The van der Waals surface area contributed by atoms with Gasteiger partial charge in [0, 0.05) is 23.1 Å². The predicted molar refractivity (Wildman–Crippen MR) is 133 cm³/mol. The fourth-order valence-electron chi connectivity index (χ4n) is 3.24. The minimum Gasteiger partial charge on any atom is -0.497 e. The summed E-state index contributed by atoms with van der Waals surface area (Å²) in [5, 5.41) is 5.37. The lowest BCUT2D eigenvalue weighted by atomic mass is 10.1. The van der Waals surface area contributed by atoms with Gasteiger partial charge in [-0.15, -0.1) is 11.8 Å². The zero-order chi connectivity index (χ0) is 23.6. The summed E-state index contributed by atoms with van der Waals surface area (Å²) in [6.45, 7) is 1.96. The van der Waals surface area contributed by atoms with Gasteiger partial charge in [-0.05, 0) is 42.3 Å². The van der Waals surface area contributed by atoms with E-state index in [9.17, 15) is 9.59 Å². The third-order valence-electron chi connectivity index (χ3n) is 4.85. The van der Waals surface area contributed by atoms with Gasteiger partial charge in [-0.1, -0.05) is 43.3 Å². The molecule has 0 saturated carbocycles. The van der Waals surface area contributed by atoms with Crippen LogP contribution in [0.4, 0.5) is 11.4 Å². The van der Waals surface area contributed by atoms with Gasteiger partial charge in [-0.3, -0.25) is 9.59 Å². The molecule has 3 rings (SSSR count). The molecule has 3 aromatic carbocycles. The maximum absolute atomic E-state index is 13.4. The molecule has 0 aliphatic carbocycles. The van der Waals surface area contributed by atoms with E-state index in [0.29, 0.717) is 29.3 Å². The number of thioether (sulfide) groups is 1. The molecule has 0 aliphatic rings. The van der Waals surface area contributed by atoms with Gasteiger partial charge in [0.2, 0.25) is 11.8 Å². The molecule has 1 atom stereocenters. The normalized spacial score (nSPS) is 11.4. The van der Waals surface area contributed by atoms with Gasteiger partial charge in [0.05, 0.1) is 19.9 Å². The smallest absolute Gasteiger partial charge is 0.242 e. The van der Waals surface area contributed by atoms with Gasteiger partial charge >= 0.3 is 0 Å². The fourth-order valence-corrected chi connectivity index (χ4v) is 4.33. The van der Waals surface area contributed by atoms with E-state index in [1.54, 1.807) is 32.4 Å². The molecule has 6 nitrogen and oxygen atoms in total. The molecule has 7 heteroatoms. The number of benzene rings is 3. The average Bonchev–Trinajstić information content (AvgIpc) is 2.83. The fraction of sp³-hybridized carbons (Fsp3) is 0.231. The maximum atomic E-state index is 13.4. The molecule has 0 saturated heterocycles. The maximum Gasteiger partial charge on any atom is 0.242 e. The van der Waals surface area contributed by atoms with E-state index < -0.39 is 5.25 Å². The second-order valence-corrected chi connectivity index (χ2v) is 8.47. The molecule has 0 aliphatic heterocycles. The molecule has 0 aromatic heterocycles. The van der Waals surface area contributed by atoms with Crippen molar-refractivity contribution in [2.24, 2.45) is 0 Å². The summed E-state index contributed by atoms with van der Waals surface area (Å²) in [6.07, 6.45) is 1.25. The molecular weight excluding hydrogens is 436 g/mol. The van der Waals surface area contributed by atoms with Crippen molar-refractivity contribution in [2.75, 3.05) is 24.9 Å². The molecule has 33 heavy (non-hydrogen) atoms. The van der Waals surface area contributed by atoms with E-state index in [4.69, 9.17) is 9.47 Å². The van der Waals surface area contributed by atoms with Crippen LogP contribution in [0.25, 0.3) is 0 Å². The second kappa shape index (κ2) is 12.0. The minimum absolute atomic E-state index is 0.0258. The van der Waals surface area contributed by atoms with Crippen molar-refractivity contribution < 1.29 is 19.1 Å². The summed E-state index contributed by atoms with van der Waals surface area (Å²) in [5.74, 6) is 0.937. The first-order valence-electron chi connectivity index (χ1n) is 10.7. The molecule has 2 N–H and O–H groups in total. The summed E-state index contributed by atoms with van der Waals surface area (Å²) in [7, 11) is 3.13. The number of carbonyl (C=O) groups is 2. The molecule has 3 aromatic rings. The number of methoxy groups -OCH3 is 2. The zero-order valence-electron chi connectivity index (χ0n) is 19.0. The van der Waals surface area contributed by atoms with Crippen molar-refractivity contribution in [1.82, 2.24) is 0 Å². The number of rotatable bonds is 10. The van der Waals surface area contributed by atoms with Crippen molar-refractivity contribution >= 4 is 35.0 Å². The second-order valence-electron chi connectivity index (χ2n) is 7.29. The predicted octanol–water partition coefficient (Wildman–Crippen LogP) is 5.91. The van der Waals surface area contributed by atoms with Crippen LogP contribution in [0, 0.1) is 0 Å². The Hall–Kier alpha value is -3.45. The Balaban J connectivity index is 1.86.